The summed E-state index contributed by atoms with van der Waals surface area (Å²) in [6.07, 6.45) is 11.1. The van der Waals surface area contributed by atoms with Crippen molar-refractivity contribution in [2.45, 2.75) is 79.1 Å². The summed E-state index contributed by atoms with van der Waals surface area (Å²) in [6.45, 7) is 15.0. The van der Waals surface area contributed by atoms with Crippen LogP contribution in [0.5, 0.6) is 6.01 Å². The van der Waals surface area contributed by atoms with E-state index >= 15 is 0 Å². The van der Waals surface area contributed by atoms with Crippen LogP contribution in [0.2, 0.25) is 0 Å². The summed E-state index contributed by atoms with van der Waals surface area (Å²) in [4.78, 5) is 17.4. The van der Waals surface area contributed by atoms with Gasteiger partial charge >= 0.3 is 81.9 Å². The van der Waals surface area contributed by atoms with E-state index in [0.717, 1.165) is 2.69 Å². The number of aromatic amines is 1. The molecule has 0 aromatic carbocycles. The molecule has 2 heterocycles. The van der Waals surface area contributed by atoms with Crippen molar-refractivity contribution in [2.75, 3.05) is 26.2 Å². The van der Waals surface area contributed by atoms with Crippen molar-refractivity contribution in [3.63, 3.8) is 0 Å². The van der Waals surface area contributed by atoms with E-state index in [1.807, 2.05) is 0 Å². The van der Waals surface area contributed by atoms with E-state index < -0.39 is 6.01 Å². The molecule has 0 unspecified atom stereocenters. The average Bonchev–Trinajstić information content (AvgIpc) is 3.08. The van der Waals surface area contributed by atoms with Crippen LogP contribution in [-0.2, 0) is 0 Å². The van der Waals surface area contributed by atoms with Gasteiger partial charge in [-0.05, 0) is 25.7 Å². The standard InChI is InChI=1S/C16H36N.C5H2N2O2S2Se/c1-5-9-13-17(14-10-6-2,15-11-7-3)16-12-8-4;8-2-1-3(7-4(9)6-2)11-5(12)10-1/h5-16H2,1-4H3;(H2,6,7,8,9)/q+1;/p-1. The van der Waals surface area contributed by atoms with Crippen LogP contribution in [0, 0.1) is 2.69 Å². The van der Waals surface area contributed by atoms with Crippen molar-refractivity contribution in [3.8, 4) is 6.01 Å². The molecule has 0 bridgehead atoms. The SMILES string of the molecule is CCCC[N+](CCCC)(CCCC)CCCC.O=c1[nH]c([O-])nc2sc(=[Se])sc12. The van der Waals surface area contributed by atoms with E-state index in [0.29, 0.717) is 9.53 Å². The summed E-state index contributed by atoms with van der Waals surface area (Å²) in [5, 5.41) is 10.7. The predicted octanol–water partition coefficient (Wildman–Crippen LogP) is 4.82. The number of fused-ring (bicyclic) bond motifs is 1. The van der Waals surface area contributed by atoms with Crippen molar-refractivity contribution in [2.24, 2.45) is 0 Å². The van der Waals surface area contributed by atoms with Crippen molar-refractivity contribution in [1.29, 1.82) is 0 Å². The van der Waals surface area contributed by atoms with Gasteiger partial charge in [-0.25, -0.2) is 0 Å². The Morgan fingerprint density at radius 1 is 0.897 bits per heavy atom. The van der Waals surface area contributed by atoms with E-state index in [-0.39, 0.29) is 5.56 Å². The van der Waals surface area contributed by atoms with E-state index in [9.17, 15) is 9.90 Å². The monoisotopic (exact) mass is 507 g/mol. The zero-order valence-corrected chi connectivity index (χ0v) is 21.8. The number of aromatic nitrogens is 2. The molecule has 0 saturated heterocycles. The van der Waals surface area contributed by atoms with Gasteiger partial charge in [0.1, 0.15) is 0 Å². The normalized spacial score (nSPS) is 11.4. The number of hydrogen-bond donors (Lipinski definition) is 1. The molecule has 0 aliphatic carbocycles. The maximum atomic E-state index is 11.1. The molecule has 0 spiro atoms. The van der Waals surface area contributed by atoms with Gasteiger partial charge in [0.05, 0.1) is 26.2 Å². The molecule has 5 nitrogen and oxygen atoms in total. The van der Waals surface area contributed by atoms with Gasteiger partial charge in [0.15, 0.2) is 0 Å². The second-order valence-electron chi connectivity index (χ2n) is 7.61. The molecule has 1 N–H and O–H groups in total. The Morgan fingerprint density at radius 2 is 1.34 bits per heavy atom. The van der Waals surface area contributed by atoms with E-state index in [1.54, 1.807) is 0 Å². The number of nitrogens with one attached hydrogen (secondary N) is 1. The van der Waals surface area contributed by atoms with E-state index in [1.165, 1.54) is 105 Å². The molecule has 2 aromatic heterocycles. The predicted molar refractivity (Wildman–Crippen MR) is 126 cm³/mol. The van der Waals surface area contributed by atoms with E-state index in [2.05, 4.69) is 53.2 Å². The second kappa shape index (κ2) is 14.5. The molecule has 0 aliphatic rings. The molecule has 166 valence electrons. The molecule has 0 atom stereocenters. The molecule has 2 rings (SSSR count). The molecular weight excluding hydrogens is 469 g/mol. The first-order valence-electron chi connectivity index (χ1n) is 11.0. The first kappa shape index (κ1) is 26.5. The summed E-state index contributed by atoms with van der Waals surface area (Å²) < 4.78 is 2.82. The fourth-order valence-electron chi connectivity index (χ4n) is 3.41. The number of nitrogens with zero attached hydrogens (tertiary/aromatic N) is 2. The third-order valence-corrected chi connectivity index (χ3v) is 8.22. The van der Waals surface area contributed by atoms with Crippen molar-refractivity contribution in [3.05, 3.63) is 13.0 Å². The number of H-pyrrole nitrogens is 1. The molecule has 29 heavy (non-hydrogen) atoms. The van der Waals surface area contributed by atoms with Gasteiger partial charge in [-0.2, -0.15) is 0 Å². The zero-order chi connectivity index (χ0) is 21.7. The second-order valence-corrected chi connectivity index (χ2v) is 11.9. The Balaban J connectivity index is 0.000000304. The number of unbranched alkanes of at least 4 members (excludes halogenated alkanes) is 4. The molecule has 0 saturated carbocycles. The first-order chi connectivity index (χ1) is 13.9. The summed E-state index contributed by atoms with van der Waals surface area (Å²) in [7, 11) is 0. The van der Waals surface area contributed by atoms with Gasteiger partial charge in [-0.15, -0.1) is 0 Å². The minimum absolute atomic E-state index is 0.354. The Hall–Kier alpha value is -0.531. The van der Waals surface area contributed by atoms with Crippen molar-refractivity contribution in [1.82, 2.24) is 9.97 Å². The number of hydrogen-bond acceptors (Lipinski definition) is 5. The van der Waals surface area contributed by atoms with Crippen molar-refractivity contribution < 1.29 is 9.59 Å². The third-order valence-electron chi connectivity index (χ3n) is 5.13. The van der Waals surface area contributed by atoms with Gasteiger partial charge in [0.25, 0.3) is 0 Å². The Morgan fingerprint density at radius 3 is 1.76 bits per heavy atom. The molecule has 0 aliphatic heterocycles. The fraction of sp³-hybridized carbons (Fsp3) is 0.762. The summed E-state index contributed by atoms with van der Waals surface area (Å²) in [5.41, 5.74) is -0.354. The minimum atomic E-state index is -0.582. The van der Waals surface area contributed by atoms with Gasteiger partial charge in [-0.3, -0.25) is 0 Å². The number of quaternary nitrogens is 1. The van der Waals surface area contributed by atoms with Crippen LogP contribution >= 0.6 is 22.7 Å². The Labute approximate surface area is 191 Å². The summed E-state index contributed by atoms with van der Waals surface area (Å²) in [5.74, 6) is 0. The molecule has 0 radical (unpaired) electrons. The van der Waals surface area contributed by atoms with Crippen LogP contribution in [-0.4, -0.2) is 56.2 Å². The number of rotatable bonds is 12. The van der Waals surface area contributed by atoms with Crippen LogP contribution in [0.25, 0.3) is 9.53 Å². The zero-order valence-electron chi connectivity index (χ0n) is 18.4. The van der Waals surface area contributed by atoms with Gasteiger partial charge in [-0.1, -0.05) is 53.4 Å². The molecule has 2 aromatic rings. The van der Waals surface area contributed by atoms with E-state index in [4.69, 9.17) is 0 Å². The summed E-state index contributed by atoms with van der Waals surface area (Å²) in [6, 6.07) is -0.582. The first-order valence-corrected chi connectivity index (χ1v) is 13.5. The Bertz CT molecular complexity index is 779. The topological polar surface area (TPSA) is 68.8 Å². The molecule has 0 fully saturated rings. The molecular formula is C21H37N3O2S2Se. The van der Waals surface area contributed by atoms with Crippen LogP contribution in [0.3, 0.4) is 0 Å². The van der Waals surface area contributed by atoms with Crippen LogP contribution in [0.1, 0.15) is 79.1 Å². The third kappa shape index (κ3) is 9.43. The Kier molecular flexibility index (Phi) is 13.2. The van der Waals surface area contributed by atoms with Crippen LogP contribution < -0.4 is 10.7 Å². The van der Waals surface area contributed by atoms with Gasteiger partial charge in [0.2, 0.25) is 0 Å². The maximum absolute atomic E-state index is 11.1. The van der Waals surface area contributed by atoms with Crippen LogP contribution in [0.15, 0.2) is 4.79 Å². The van der Waals surface area contributed by atoms with Gasteiger partial charge < -0.3 is 4.48 Å². The fourth-order valence-corrected chi connectivity index (χ4v) is 6.25. The molecule has 8 heteroatoms. The molecule has 0 amide bonds. The van der Waals surface area contributed by atoms with Crippen LogP contribution in [0.4, 0.5) is 0 Å². The van der Waals surface area contributed by atoms with Gasteiger partial charge in [0, 0.05) is 0 Å². The quantitative estimate of drug-likeness (QED) is 0.331. The summed E-state index contributed by atoms with van der Waals surface area (Å²) >= 11 is 5.40. The van der Waals surface area contributed by atoms with Crippen molar-refractivity contribution >= 4 is 47.8 Å². The average molecular weight is 507 g/mol.